The molecule has 0 aliphatic carbocycles. The van der Waals surface area contributed by atoms with E-state index in [1.807, 2.05) is 31.3 Å². The van der Waals surface area contributed by atoms with Crippen molar-refractivity contribution in [2.75, 3.05) is 11.9 Å². The van der Waals surface area contributed by atoms with Crippen molar-refractivity contribution < 1.29 is 0 Å². The van der Waals surface area contributed by atoms with Gasteiger partial charge in [0.1, 0.15) is 11.8 Å². The lowest BCUT2D eigenvalue weighted by atomic mass is 10.2. The number of aromatic nitrogens is 1. The Morgan fingerprint density at radius 3 is 2.47 bits per heavy atom. The van der Waals surface area contributed by atoms with E-state index in [-0.39, 0.29) is 0 Å². The average Bonchev–Trinajstić information content (AvgIpc) is 2.47. The van der Waals surface area contributed by atoms with Crippen LogP contribution >= 0.6 is 0 Å². The van der Waals surface area contributed by atoms with Gasteiger partial charge in [0, 0.05) is 25.5 Å². The molecule has 2 aromatic rings. The van der Waals surface area contributed by atoms with E-state index < -0.39 is 0 Å². The van der Waals surface area contributed by atoms with E-state index in [4.69, 9.17) is 10.5 Å². The zero-order valence-electron chi connectivity index (χ0n) is 10.5. The smallest absolute Gasteiger partial charge is 0.140 e. The van der Waals surface area contributed by atoms with Crippen molar-refractivity contribution in [1.82, 2.24) is 4.98 Å². The summed E-state index contributed by atoms with van der Waals surface area (Å²) in [6.07, 6.45) is 1.64. The molecule has 0 radical (unpaired) electrons. The second kappa shape index (κ2) is 5.66. The molecule has 19 heavy (non-hydrogen) atoms. The zero-order valence-corrected chi connectivity index (χ0v) is 10.5. The molecule has 1 aromatic heterocycles. The van der Waals surface area contributed by atoms with E-state index in [1.54, 1.807) is 24.4 Å². The molecule has 4 nitrogen and oxygen atoms in total. The van der Waals surface area contributed by atoms with Crippen LogP contribution in [-0.4, -0.2) is 12.0 Å². The maximum atomic E-state index is 8.81. The van der Waals surface area contributed by atoms with Crippen molar-refractivity contribution in [3.05, 3.63) is 59.4 Å². The summed E-state index contributed by atoms with van der Waals surface area (Å²) in [7, 11) is 1.97. The molecule has 0 aliphatic heterocycles. The summed E-state index contributed by atoms with van der Waals surface area (Å²) in [5.41, 5.74) is 3.12. The number of anilines is 1. The highest BCUT2D eigenvalue weighted by molar-refractivity contribution is 5.49. The number of hydrogen-bond acceptors (Lipinski definition) is 4. The van der Waals surface area contributed by atoms with Crippen LogP contribution in [0.5, 0.6) is 0 Å². The summed E-state index contributed by atoms with van der Waals surface area (Å²) in [4.78, 5) is 6.00. The topological polar surface area (TPSA) is 63.7 Å². The first-order valence-electron chi connectivity index (χ1n) is 5.79. The van der Waals surface area contributed by atoms with E-state index in [0.717, 1.165) is 11.3 Å². The molecule has 0 bridgehead atoms. The van der Waals surface area contributed by atoms with Crippen molar-refractivity contribution in [3.63, 3.8) is 0 Å². The zero-order chi connectivity index (χ0) is 13.7. The maximum Gasteiger partial charge on any atom is 0.140 e. The molecule has 0 amide bonds. The van der Waals surface area contributed by atoms with Crippen LogP contribution in [-0.2, 0) is 6.54 Å². The molecule has 4 heteroatoms. The van der Waals surface area contributed by atoms with Crippen LogP contribution in [0.4, 0.5) is 5.69 Å². The van der Waals surface area contributed by atoms with E-state index >= 15 is 0 Å². The fourth-order valence-electron chi connectivity index (χ4n) is 1.79. The standard InChI is InChI=1S/C15H12N4/c1-19(15-4-2-12(9-16)3-5-15)11-13-6-7-18-14(8-13)10-17/h2-8H,11H2,1H3. The van der Waals surface area contributed by atoms with Crippen LogP contribution in [0, 0.1) is 22.7 Å². The molecule has 0 aliphatic rings. The van der Waals surface area contributed by atoms with Gasteiger partial charge < -0.3 is 4.90 Å². The van der Waals surface area contributed by atoms with Gasteiger partial charge in [-0.25, -0.2) is 4.98 Å². The number of hydrogen-bond donors (Lipinski definition) is 0. The Kier molecular flexibility index (Phi) is 3.75. The predicted molar refractivity (Wildman–Crippen MR) is 72.2 cm³/mol. The molecule has 0 saturated heterocycles. The van der Waals surface area contributed by atoms with Crippen molar-refractivity contribution in [2.45, 2.75) is 6.54 Å². The molecular weight excluding hydrogens is 236 g/mol. The Balaban J connectivity index is 2.14. The third-order valence-corrected chi connectivity index (χ3v) is 2.80. The van der Waals surface area contributed by atoms with Gasteiger partial charge in [-0.3, -0.25) is 0 Å². The average molecular weight is 248 g/mol. The summed E-state index contributed by atoms with van der Waals surface area (Å²) in [5.74, 6) is 0. The minimum absolute atomic E-state index is 0.422. The molecule has 0 atom stereocenters. The van der Waals surface area contributed by atoms with Crippen molar-refractivity contribution in [2.24, 2.45) is 0 Å². The largest absolute Gasteiger partial charge is 0.370 e. The molecule has 0 unspecified atom stereocenters. The third kappa shape index (κ3) is 3.08. The summed E-state index contributed by atoms with van der Waals surface area (Å²) >= 11 is 0. The fraction of sp³-hybridized carbons (Fsp3) is 0.133. The number of rotatable bonds is 3. The monoisotopic (exact) mass is 248 g/mol. The highest BCUT2D eigenvalue weighted by Gasteiger charge is 2.03. The summed E-state index contributed by atoms with van der Waals surface area (Å²) in [6.45, 7) is 0.684. The summed E-state index contributed by atoms with van der Waals surface area (Å²) in [5, 5.41) is 17.6. The molecule has 2 rings (SSSR count). The molecule has 1 aromatic carbocycles. The normalized spacial score (nSPS) is 9.42. The molecule has 0 spiro atoms. The first-order chi connectivity index (χ1) is 9.22. The number of nitriles is 2. The van der Waals surface area contributed by atoms with Gasteiger partial charge in [0.25, 0.3) is 0 Å². The molecule has 0 fully saturated rings. The number of nitrogens with zero attached hydrogens (tertiary/aromatic N) is 4. The molecule has 92 valence electrons. The highest BCUT2D eigenvalue weighted by atomic mass is 15.1. The molecular formula is C15H12N4. The second-order valence-electron chi connectivity index (χ2n) is 4.18. The Morgan fingerprint density at radius 1 is 1.11 bits per heavy atom. The van der Waals surface area contributed by atoms with Crippen molar-refractivity contribution in [3.8, 4) is 12.1 Å². The van der Waals surface area contributed by atoms with E-state index in [0.29, 0.717) is 17.8 Å². The predicted octanol–water partition coefficient (Wildman–Crippen LogP) is 2.46. The summed E-state index contributed by atoms with van der Waals surface area (Å²) < 4.78 is 0. The summed E-state index contributed by atoms with van der Waals surface area (Å²) in [6, 6.07) is 15.2. The Hall–Kier alpha value is -2.85. The van der Waals surface area contributed by atoms with Crippen LogP contribution in [0.15, 0.2) is 42.6 Å². The van der Waals surface area contributed by atoms with Gasteiger partial charge in [0.15, 0.2) is 0 Å². The van der Waals surface area contributed by atoms with Gasteiger partial charge in [0.2, 0.25) is 0 Å². The van der Waals surface area contributed by atoms with Crippen molar-refractivity contribution >= 4 is 5.69 Å². The maximum absolute atomic E-state index is 8.81. The van der Waals surface area contributed by atoms with Crippen LogP contribution in [0.3, 0.4) is 0 Å². The lowest BCUT2D eigenvalue weighted by molar-refractivity contribution is 0.918. The SMILES string of the molecule is CN(Cc1ccnc(C#N)c1)c1ccc(C#N)cc1. The van der Waals surface area contributed by atoms with Gasteiger partial charge in [-0.1, -0.05) is 0 Å². The first-order valence-corrected chi connectivity index (χ1v) is 5.79. The van der Waals surface area contributed by atoms with Gasteiger partial charge in [-0.05, 0) is 42.0 Å². The highest BCUT2D eigenvalue weighted by Crippen LogP contribution is 2.16. The lowest BCUT2D eigenvalue weighted by Gasteiger charge is -2.19. The van der Waals surface area contributed by atoms with Crippen LogP contribution in [0.25, 0.3) is 0 Å². The van der Waals surface area contributed by atoms with E-state index in [1.165, 1.54) is 0 Å². The Morgan fingerprint density at radius 2 is 1.84 bits per heavy atom. The lowest BCUT2D eigenvalue weighted by Crippen LogP contribution is -2.16. The van der Waals surface area contributed by atoms with Crippen LogP contribution in [0.1, 0.15) is 16.8 Å². The quantitative estimate of drug-likeness (QED) is 0.837. The number of pyridine rings is 1. The molecule has 1 heterocycles. The van der Waals surface area contributed by atoms with Crippen LogP contribution < -0.4 is 4.90 Å². The first kappa shape index (κ1) is 12.6. The van der Waals surface area contributed by atoms with Gasteiger partial charge in [0.05, 0.1) is 11.6 Å². The van der Waals surface area contributed by atoms with E-state index in [9.17, 15) is 0 Å². The fourth-order valence-corrected chi connectivity index (χ4v) is 1.79. The molecule has 0 saturated carbocycles. The van der Waals surface area contributed by atoms with Crippen LogP contribution in [0.2, 0.25) is 0 Å². The van der Waals surface area contributed by atoms with Crippen molar-refractivity contribution in [1.29, 1.82) is 10.5 Å². The minimum atomic E-state index is 0.422. The van der Waals surface area contributed by atoms with Gasteiger partial charge >= 0.3 is 0 Å². The Bertz CT molecular complexity index is 647. The number of benzene rings is 1. The third-order valence-electron chi connectivity index (χ3n) is 2.80. The second-order valence-corrected chi connectivity index (χ2v) is 4.18. The van der Waals surface area contributed by atoms with E-state index in [2.05, 4.69) is 16.0 Å². The Labute approximate surface area is 112 Å². The molecule has 0 N–H and O–H groups in total. The van der Waals surface area contributed by atoms with Gasteiger partial charge in [-0.2, -0.15) is 10.5 Å². The van der Waals surface area contributed by atoms with Gasteiger partial charge in [-0.15, -0.1) is 0 Å². The minimum Gasteiger partial charge on any atom is -0.370 e.